The zero-order valence-electron chi connectivity index (χ0n) is 11.4. The van der Waals surface area contributed by atoms with Crippen LogP contribution in [-0.2, 0) is 9.53 Å². The smallest absolute Gasteiger partial charge is 0.310 e. The quantitative estimate of drug-likeness (QED) is 0.845. The van der Waals surface area contributed by atoms with Gasteiger partial charge in [-0.2, -0.15) is 4.37 Å². The number of anilines is 2. The van der Waals surface area contributed by atoms with Crippen LogP contribution in [0.4, 0.5) is 10.8 Å². The van der Waals surface area contributed by atoms with Crippen LogP contribution >= 0.6 is 11.5 Å². The zero-order valence-corrected chi connectivity index (χ0v) is 12.2. The number of nitrogen functional groups attached to an aromatic ring is 1. The van der Waals surface area contributed by atoms with E-state index in [9.17, 15) is 4.79 Å². The van der Waals surface area contributed by atoms with Crippen LogP contribution in [-0.4, -0.2) is 36.6 Å². The fourth-order valence-corrected chi connectivity index (χ4v) is 2.92. The summed E-state index contributed by atoms with van der Waals surface area (Å²) >= 11 is 1.31. The first-order valence-corrected chi connectivity index (χ1v) is 7.04. The molecule has 19 heavy (non-hydrogen) atoms. The SMILES string of the molecule is COC(=O)C1CCN(c2snc(N)c2OC(C)C)C1. The molecule has 1 aliphatic rings. The third-order valence-corrected chi connectivity index (χ3v) is 3.93. The Labute approximate surface area is 116 Å². The molecule has 1 aliphatic heterocycles. The number of carbonyl (C=O) groups is 1. The molecule has 2 rings (SSSR count). The first-order valence-electron chi connectivity index (χ1n) is 6.27. The summed E-state index contributed by atoms with van der Waals surface area (Å²) in [5.74, 6) is 0.798. The van der Waals surface area contributed by atoms with Crippen molar-refractivity contribution in [2.24, 2.45) is 5.92 Å². The van der Waals surface area contributed by atoms with Crippen molar-refractivity contribution in [1.82, 2.24) is 4.37 Å². The predicted molar refractivity (Wildman–Crippen MR) is 74.6 cm³/mol. The van der Waals surface area contributed by atoms with Crippen LogP contribution in [0.1, 0.15) is 20.3 Å². The van der Waals surface area contributed by atoms with Crippen molar-refractivity contribution in [3.05, 3.63) is 0 Å². The zero-order chi connectivity index (χ0) is 14.0. The summed E-state index contributed by atoms with van der Waals surface area (Å²) in [5, 5.41) is 0.901. The van der Waals surface area contributed by atoms with Crippen molar-refractivity contribution in [2.75, 3.05) is 30.8 Å². The Balaban J connectivity index is 2.13. The minimum absolute atomic E-state index is 0.0384. The fraction of sp³-hybridized carbons (Fsp3) is 0.667. The molecule has 2 heterocycles. The number of nitrogens with zero attached hydrogens (tertiary/aromatic N) is 2. The molecule has 0 aliphatic carbocycles. The summed E-state index contributed by atoms with van der Waals surface area (Å²) in [6.45, 7) is 5.31. The second kappa shape index (κ2) is 5.64. The molecular formula is C12H19N3O3S. The van der Waals surface area contributed by atoms with Gasteiger partial charge in [0, 0.05) is 13.1 Å². The van der Waals surface area contributed by atoms with E-state index in [4.69, 9.17) is 15.2 Å². The highest BCUT2D eigenvalue weighted by Crippen LogP contribution is 2.41. The van der Waals surface area contributed by atoms with Gasteiger partial charge in [-0.05, 0) is 31.8 Å². The van der Waals surface area contributed by atoms with E-state index in [1.165, 1.54) is 18.6 Å². The van der Waals surface area contributed by atoms with Gasteiger partial charge in [-0.25, -0.2) is 0 Å². The van der Waals surface area contributed by atoms with E-state index in [-0.39, 0.29) is 18.0 Å². The van der Waals surface area contributed by atoms with Gasteiger partial charge in [-0.1, -0.05) is 0 Å². The highest BCUT2D eigenvalue weighted by atomic mass is 32.1. The Hall–Kier alpha value is -1.50. The molecule has 1 aromatic heterocycles. The highest BCUT2D eigenvalue weighted by molar-refractivity contribution is 7.11. The number of ether oxygens (including phenoxy) is 2. The van der Waals surface area contributed by atoms with Gasteiger partial charge in [-0.3, -0.25) is 4.79 Å². The van der Waals surface area contributed by atoms with Crippen molar-refractivity contribution < 1.29 is 14.3 Å². The van der Waals surface area contributed by atoms with Gasteiger partial charge in [0.25, 0.3) is 0 Å². The maximum absolute atomic E-state index is 11.5. The lowest BCUT2D eigenvalue weighted by Crippen LogP contribution is -2.23. The van der Waals surface area contributed by atoms with Gasteiger partial charge in [0.2, 0.25) is 0 Å². The average Bonchev–Trinajstić information content (AvgIpc) is 2.96. The van der Waals surface area contributed by atoms with E-state index >= 15 is 0 Å². The standard InChI is InChI=1S/C12H19N3O3S/c1-7(2)18-9-10(13)14-19-11(9)15-5-4-8(6-15)12(16)17-3/h7-8H,4-6H2,1-3H3,(H2,13,14). The molecule has 6 nitrogen and oxygen atoms in total. The summed E-state index contributed by atoms with van der Waals surface area (Å²) < 4.78 is 14.6. The van der Waals surface area contributed by atoms with Crippen LogP contribution in [0.5, 0.6) is 5.75 Å². The van der Waals surface area contributed by atoms with E-state index in [1.54, 1.807) is 0 Å². The second-order valence-corrected chi connectivity index (χ2v) is 5.58. The normalized spacial score (nSPS) is 18.9. The van der Waals surface area contributed by atoms with Gasteiger partial charge < -0.3 is 20.1 Å². The summed E-state index contributed by atoms with van der Waals surface area (Å²) in [5.41, 5.74) is 5.83. The molecule has 1 unspecified atom stereocenters. The van der Waals surface area contributed by atoms with Crippen molar-refractivity contribution >= 4 is 28.3 Å². The second-order valence-electron chi connectivity index (χ2n) is 4.82. The Bertz CT molecular complexity index is 461. The number of hydrogen-bond acceptors (Lipinski definition) is 7. The Morgan fingerprint density at radius 2 is 2.32 bits per heavy atom. The minimum atomic E-state index is -0.161. The van der Waals surface area contributed by atoms with Crippen LogP contribution in [0.15, 0.2) is 0 Å². The summed E-state index contributed by atoms with van der Waals surface area (Å²) in [7, 11) is 1.42. The number of methoxy groups -OCH3 is 1. The Morgan fingerprint density at radius 3 is 2.95 bits per heavy atom. The molecular weight excluding hydrogens is 266 g/mol. The number of aromatic nitrogens is 1. The Morgan fingerprint density at radius 1 is 1.58 bits per heavy atom. The summed E-state index contributed by atoms with van der Waals surface area (Å²) in [4.78, 5) is 13.6. The minimum Gasteiger partial charge on any atom is -0.484 e. The number of nitrogens with two attached hydrogens (primary N) is 1. The molecule has 2 N–H and O–H groups in total. The topological polar surface area (TPSA) is 77.7 Å². The number of esters is 1. The fourth-order valence-electron chi connectivity index (χ4n) is 2.14. The number of rotatable bonds is 4. The molecule has 7 heteroatoms. The van der Waals surface area contributed by atoms with E-state index in [2.05, 4.69) is 9.27 Å². The van der Waals surface area contributed by atoms with Crippen LogP contribution in [0.2, 0.25) is 0 Å². The van der Waals surface area contributed by atoms with E-state index < -0.39 is 0 Å². The predicted octanol–water partition coefficient (Wildman–Crippen LogP) is 1.51. The molecule has 106 valence electrons. The van der Waals surface area contributed by atoms with E-state index in [0.29, 0.717) is 18.1 Å². The lowest BCUT2D eigenvalue weighted by molar-refractivity contribution is -0.144. The third-order valence-electron chi connectivity index (χ3n) is 3.02. The summed E-state index contributed by atoms with van der Waals surface area (Å²) in [6.07, 6.45) is 0.822. The molecule has 0 radical (unpaired) electrons. The van der Waals surface area contributed by atoms with Gasteiger partial charge in [0.15, 0.2) is 16.6 Å². The molecule has 0 bridgehead atoms. The molecule has 0 spiro atoms. The first-order chi connectivity index (χ1) is 9.02. The number of hydrogen-bond donors (Lipinski definition) is 1. The van der Waals surface area contributed by atoms with Gasteiger partial charge >= 0.3 is 5.97 Å². The summed E-state index contributed by atoms with van der Waals surface area (Å²) in [6, 6.07) is 0. The van der Waals surface area contributed by atoms with Crippen LogP contribution in [0.25, 0.3) is 0 Å². The number of carbonyl (C=O) groups excluding carboxylic acids is 1. The largest absolute Gasteiger partial charge is 0.484 e. The van der Waals surface area contributed by atoms with Crippen LogP contribution in [0, 0.1) is 5.92 Å². The third kappa shape index (κ3) is 2.91. The molecule has 0 saturated carbocycles. The van der Waals surface area contributed by atoms with Gasteiger partial charge in [0.05, 0.1) is 19.1 Å². The van der Waals surface area contributed by atoms with Crippen molar-refractivity contribution in [1.29, 1.82) is 0 Å². The first kappa shape index (κ1) is 13.9. The average molecular weight is 285 g/mol. The molecule has 0 amide bonds. The van der Waals surface area contributed by atoms with Gasteiger partial charge in [0.1, 0.15) is 0 Å². The lowest BCUT2D eigenvalue weighted by atomic mass is 10.1. The molecule has 1 saturated heterocycles. The molecule has 1 atom stereocenters. The highest BCUT2D eigenvalue weighted by Gasteiger charge is 2.32. The maximum atomic E-state index is 11.5. The van der Waals surface area contributed by atoms with Crippen molar-refractivity contribution in [2.45, 2.75) is 26.4 Å². The van der Waals surface area contributed by atoms with Crippen LogP contribution < -0.4 is 15.4 Å². The van der Waals surface area contributed by atoms with Crippen LogP contribution in [0.3, 0.4) is 0 Å². The van der Waals surface area contributed by atoms with Crippen molar-refractivity contribution in [3.63, 3.8) is 0 Å². The molecule has 1 aromatic rings. The van der Waals surface area contributed by atoms with Gasteiger partial charge in [-0.15, -0.1) is 0 Å². The molecule has 0 aromatic carbocycles. The van der Waals surface area contributed by atoms with E-state index in [0.717, 1.165) is 18.0 Å². The lowest BCUT2D eigenvalue weighted by Gasteiger charge is -2.18. The van der Waals surface area contributed by atoms with Crippen molar-refractivity contribution in [3.8, 4) is 5.75 Å². The van der Waals surface area contributed by atoms with E-state index in [1.807, 2.05) is 13.8 Å². The molecule has 1 fully saturated rings. The maximum Gasteiger partial charge on any atom is 0.310 e. The Kier molecular flexibility index (Phi) is 4.14. The monoisotopic (exact) mass is 285 g/mol.